The van der Waals surface area contributed by atoms with Crippen molar-refractivity contribution in [1.29, 1.82) is 0 Å². The fourth-order valence-corrected chi connectivity index (χ4v) is 4.09. The van der Waals surface area contributed by atoms with E-state index in [-0.39, 0.29) is 11.9 Å². The summed E-state index contributed by atoms with van der Waals surface area (Å²) in [5, 5.41) is 3.24. The van der Waals surface area contributed by atoms with Gasteiger partial charge in [0.1, 0.15) is 12.4 Å². The van der Waals surface area contributed by atoms with Crippen molar-refractivity contribution in [2.75, 3.05) is 58.3 Å². The summed E-state index contributed by atoms with van der Waals surface area (Å²) < 4.78 is 6.03. The van der Waals surface area contributed by atoms with Gasteiger partial charge in [0, 0.05) is 38.8 Å². The Kier molecular flexibility index (Phi) is 7.57. The number of rotatable bonds is 8. The van der Waals surface area contributed by atoms with Crippen molar-refractivity contribution < 1.29 is 9.53 Å². The van der Waals surface area contributed by atoms with Gasteiger partial charge < -0.3 is 19.9 Å². The van der Waals surface area contributed by atoms with Crippen LogP contribution < -0.4 is 15.0 Å². The highest BCUT2D eigenvalue weighted by Crippen LogP contribution is 2.29. The van der Waals surface area contributed by atoms with E-state index in [1.54, 1.807) is 0 Å². The van der Waals surface area contributed by atoms with Gasteiger partial charge in [0.25, 0.3) is 0 Å². The van der Waals surface area contributed by atoms with Crippen LogP contribution in [-0.2, 0) is 4.79 Å². The molecule has 1 N–H and O–H groups in total. The predicted molar refractivity (Wildman–Crippen MR) is 114 cm³/mol. The summed E-state index contributed by atoms with van der Waals surface area (Å²) in [5.74, 6) is 1.14. The molecule has 0 radical (unpaired) electrons. The number of para-hydroxylation sites is 2. The fraction of sp³-hybridized carbons (Fsp3) is 0.682. The van der Waals surface area contributed by atoms with E-state index in [0.717, 1.165) is 57.0 Å². The topological polar surface area (TPSA) is 48.1 Å². The van der Waals surface area contributed by atoms with Crippen LogP contribution in [-0.4, -0.2) is 81.2 Å². The Morgan fingerprint density at radius 1 is 1.18 bits per heavy atom. The van der Waals surface area contributed by atoms with Crippen LogP contribution in [0, 0.1) is 0 Å². The highest BCUT2D eigenvalue weighted by Gasteiger charge is 2.28. The molecule has 6 heteroatoms. The van der Waals surface area contributed by atoms with Gasteiger partial charge in [-0.15, -0.1) is 0 Å². The third kappa shape index (κ3) is 5.61. The quantitative estimate of drug-likeness (QED) is 0.740. The zero-order valence-corrected chi connectivity index (χ0v) is 17.7. The van der Waals surface area contributed by atoms with E-state index in [2.05, 4.69) is 52.3 Å². The zero-order chi connectivity index (χ0) is 19.9. The molecule has 6 nitrogen and oxygen atoms in total. The molecule has 1 aliphatic carbocycles. The number of ether oxygens (including phenoxy) is 1. The van der Waals surface area contributed by atoms with Crippen LogP contribution in [0.25, 0.3) is 0 Å². The minimum Gasteiger partial charge on any atom is -0.490 e. The van der Waals surface area contributed by atoms with Crippen molar-refractivity contribution in [3.63, 3.8) is 0 Å². The van der Waals surface area contributed by atoms with Crippen LogP contribution in [0.15, 0.2) is 24.3 Å². The lowest BCUT2D eigenvalue weighted by molar-refractivity contribution is -0.126. The summed E-state index contributed by atoms with van der Waals surface area (Å²) >= 11 is 0. The number of nitrogens with zero attached hydrogens (tertiary/aromatic N) is 3. The summed E-state index contributed by atoms with van der Waals surface area (Å²) in [7, 11) is 4.11. The minimum absolute atomic E-state index is 0.0608. The number of carbonyl (C=O) groups excluding carboxylic acids is 1. The van der Waals surface area contributed by atoms with Gasteiger partial charge in [-0.3, -0.25) is 9.69 Å². The molecule has 2 aliphatic rings. The van der Waals surface area contributed by atoms with Crippen molar-refractivity contribution in [2.24, 2.45) is 0 Å². The van der Waals surface area contributed by atoms with Crippen LogP contribution in [0.2, 0.25) is 0 Å². The Labute approximate surface area is 169 Å². The van der Waals surface area contributed by atoms with Crippen molar-refractivity contribution in [3.05, 3.63) is 24.3 Å². The van der Waals surface area contributed by atoms with Crippen LogP contribution >= 0.6 is 0 Å². The van der Waals surface area contributed by atoms with Gasteiger partial charge in [0.2, 0.25) is 5.91 Å². The van der Waals surface area contributed by atoms with Crippen LogP contribution in [0.1, 0.15) is 32.6 Å². The third-order valence-electron chi connectivity index (χ3n) is 5.94. The molecule has 3 rings (SSSR count). The number of carbonyl (C=O) groups is 1. The first-order valence-corrected chi connectivity index (χ1v) is 10.7. The molecule has 1 heterocycles. The number of hydrogen-bond acceptors (Lipinski definition) is 5. The van der Waals surface area contributed by atoms with E-state index in [1.807, 2.05) is 13.0 Å². The standard InChI is InChI=1S/C22H36N4O2/c1-18(22(27)23-19-8-4-5-9-19)25-12-14-26(15-13-25)20-10-6-7-11-21(20)28-17-16-24(2)3/h6-7,10-11,18-19H,4-5,8-9,12-17H2,1-3H3,(H,23,27)/t18-/m0/s1. The summed E-state index contributed by atoms with van der Waals surface area (Å²) in [5.41, 5.74) is 1.16. The van der Waals surface area contributed by atoms with Crippen LogP contribution in [0.4, 0.5) is 5.69 Å². The van der Waals surface area contributed by atoms with E-state index in [4.69, 9.17) is 4.74 Å². The van der Waals surface area contributed by atoms with E-state index in [9.17, 15) is 4.79 Å². The van der Waals surface area contributed by atoms with Crippen LogP contribution in [0.3, 0.4) is 0 Å². The molecule has 0 spiro atoms. The van der Waals surface area contributed by atoms with Crippen molar-refractivity contribution in [3.8, 4) is 5.75 Å². The predicted octanol–water partition coefficient (Wildman–Crippen LogP) is 2.20. The van der Waals surface area contributed by atoms with Crippen LogP contribution in [0.5, 0.6) is 5.75 Å². The molecule has 0 bridgehead atoms. The maximum absolute atomic E-state index is 12.6. The number of likely N-dealkylation sites (N-methyl/N-ethyl adjacent to an activating group) is 1. The smallest absolute Gasteiger partial charge is 0.237 e. The maximum Gasteiger partial charge on any atom is 0.237 e. The Balaban J connectivity index is 1.51. The summed E-state index contributed by atoms with van der Waals surface area (Å²) in [6.07, 6.45) is 4.76. The lowest BCUT2D eigenvalue weighted by atomic mass is 10.1. The Bertz CT molecular complexity index is 623. The molecule has 1 saturated heterocycles. The van der Waals surface area contributed by atoms with Crippen molar-refractivity contribution >= 4 is 11.6 Å². The van der Waals surface area contributed by atoms with Gasteiger partial charge in [-0.1, -0.05) is 25.0 Å². The van der Waals surface area contributed by atoms with E-state index >= 15 is 0 Å². The number of piperazine rings is 1. The van der Waals surface area contributed by atoms with E-state index in [1.165, 1.54) is 12.8 Å². The average Bonchev–Trinajstić information content (AvgIpc) is 3.21. The second-order valence-electron chi connectivity index (χ2n) is 8.31. The third-order valence-corrected chi connectivity index (χ3v) is 5.94. The Morgan fingerprint density at radius 3 is 2.54 bits per heavy atom. The first-order valence-electron chi connectivity index (χ1n) is 10.7. The largest absolute Gasteiger partial charge is 0.490 e. The second-order valence-corrected chi connectivity index (χ2v) is 8.31. The molecule has 2 fully saturated rings. The summed E-state index contributed by atoms with van der Waals surface area (Å²) in [4.78, 5) is 19.4. The molecular formula is C22H36N4O2. The first-order chi connectivity index (χ1) is 13.5. The molecule has 0 aromatic heterocycles. The Hall–Kier alpha value is -1.79. The van der Waals surface area contributed by atoms with Gasteiger partial charge in [0.05, 0.1) is 11.7 Å². The molecular weight excluding hydrogens is 352 g/mol. The lowest BCUT2D eigenvalue weighted by Gasteiger charge is -2.39. The monoisotopic (exact) mass is 388 g/mol. The average molecular weight is 389 g/mol. The Morgan fingerprint density at radius 2 is 1.86 bits per heavy atom. The molecule has 1 atom stereocenters. The van der Waals surface area contributed by atoms with Gasteiger partial charge in [0.15, 0.2) is 0 Å². The van der Waals surface area contributed by atoms with Gasteiger partial charge in [-0.05, 0) is 46.0 Å². The molecule has 0 unspecified atom stereocenters. The number of hydrogen-bond donors (Lipinski definition) is 1. The zero-order valence-electron chi connectivity index (χ0n) is 17.7. The molecule has 1 aromatic carbocycles. The number of benzene rings is 1. The highest BCUT2D eigenvalue weighted by molar-refractivity contribution is 5.81. The molecule has 156 valence electrons. The molecule has 1 amide bonds. The number of amides is 1. The normalized spacial score (nSPS) is 19.8. The molecule has 1 aromatic rings. The van der Waals surface area contributed by atoms with E-state index in [0.29, 0.717) is 12.6 Å². The van der Waals surface area contributed by atoms with Crippen molar-refractivity contribution in [2.45, 2.75) is 44.7 Å². The van der Waals surface area contributed by atoms with Gasteiger partial charge in [-0.2, -0.15) is 0 Å². The molecule has 1 aliphatic heterocycles. The minimum atomic E-state index is -0.0608. The molecule has 28 heavy (non-hydrogen) atoms. The van der Waals surface area contributed by atoms with Gasteiger partial charge >= 0.3 is 0 Å². The molecule has 1 saturated carbocycles. The number of nitrogens with one attached hydrogen (secondary N) is 1. The SMILES string of the molecule is C[C@@H](C(=O)NC1CCCC1)N1CCN(c2ccccc2OCCN(C)C)CC1. The summed E-state index contributed by atoms with van der Waals surface area (Å²) in [6.45, 7) is 7.23. The van der Waals surface area contributed by atoms with Crippen molar-refractivity contribution in [1.82, 2.24) is 15.1 Å². The number of anilines is 1. The maximum atomic E-state index is 12.6. The fourth-order valence-electron chi connectivity index (χ4n) is 4.09. The second kappa shape index (κ2) is 10.1. The lowest BCUT2D eigenvalue weighted by Crippen LogP contribution is -2.55. The highest BCUT2D eigenvalue weighted by atomic mass is 16.5. The summed E-state index contributed by atoms with van der Waals surface area (Å²) in [6, 6.07) is 8.61. The van der Waals surface area contributed by atoms with Gasteiger partial charge in [-0.25, -0.2) is 0 Å². The first kappa shape index (κ1) is 20.9. The van der Waals surface area contributed by atoms with E-state index < -0.39 is 0 Å².